The molecule has 152 valence electrons. The zero-order valence-corrected chi connectivity index (χ0v) is 18.1. The molecule has 0 amide bonds. The van der Waals surface area contributed by atoms with Crippen molar-refractivity contribution >= 4 is 44.4 Å². The van der Waals surface area contributed by atoms with Gasteiger partial charge in [-0.1, -0.05) is 42.5 Å². The van der Waals surface area contributed by atoms with E-state index in [0.29, 0.717) is 17.4 Å². The van der Waals surface area contributed by atoms with Gasteiger partial charge in [-0.2, -0.15) is 0 Å². The summed E-state index contributed by atoms with van der Waals surface area (Å²) < 4.78 is 6.96. The number of thioether (sulfide) groups is 1. The summed E-state index contributed by atoms with van der Waals surface area (Å²) in [6.07, 6.45) is 1.29. The molecule has 7 heteroatoms. The first-order valence-corrected chi connectivity index (χ1v) is 11.2. The van der Waals surface area contributed by atoms with Crippen LogP contribution >= 0.6 is 23.1 Å². The second-order valence-electron chi connectivity index (χ2n) is 6.59. The monoisotopic (exact) mass is 428 g/mol. The SMILES string of the molecule is CCOC(=O)[C@H](CCc1ccccc1)N[C@@H](C)C(=O)Sc1nc2ccccc2s1. The molecule has 0 bridgehead atoms. The van der Waals surface area contributed by atoms with Crippen molar-refractivity contribution in [3.63, 3.8) is 0 Å². The van der Waals surface area contributed by atoms with Crippen LogP contribution in [0.4, 0.5) is 0 Å². The fraction of sp³-hybridized carbons (Fsp3) is 0.318. The highest BCUT2D eigenvalue weighted by Gasteiger charge is 2.25. The number of thiazole rings is 1. The molecule has 0 aliphatic heterocycles. The van der Waals surface area contributed by atoms with Gasteiger partial charge >= 0.3 is 5.97 Å². The first-order valence-electron chi connectivity index (χ1n) is 9.60. The molecule has 0 aliphatic rings. The average molecular weight is 429 g/mol. The average Bonchev–Trinajstić information content (AvgIpc) is 3.14. The van der Waals surface area contributed by atoms with Crippen molar-refractivity contribution in [1.29, 1.82) is 0 Å². The third kappa shape index (κ3) is 6.13. The van der Waals surface area contributed by atoms with E-state index in [0.717, 1.165) is 34.0 Å². The summed E-state index contributed by atoms with van der Waals surface area (Å²) in [6.45, 7) is 3.87. The summed E-state index contributed by atoms with van der Waals surface area (Å²) in [6, 6.07) is 16.7. The van der Waals surface area contributed by atoms with Gasteiger partial charge in [0.25, 0.3) is 0 Å². The van der Waals surface area contributed by atoms with E-state index in [9.17, 15) is 9.59 Å². The fourth-order valence-electron chi connectivity index (χ4n) is 2.91. The molecule has 2 atom stereocenters. The van der Waals surface area contributed by atoms with Gasteiger partial charge in [0.2, 0.25) is 5.12 Å². The van der Waals surface area contributed by atoms with Crippen LogP contribution in [0.5, 0.6) is 0 Å². The quantitative estimate of drug-likeness (QED) is 0.401. The van der Waals surface area contributed by atoms with Crippen LogP contribution in [-0.2, 0) is 20.7 Å². The summed E-state index contributed by atoms with van der Waals surface area (Å²) in [7, 11) is 0. The van der Waals surface area contributed by atoms with Gasteiger partial charge in [-0.25, -0.2) is 4.98 Å². The maximum Gasteiger partial charge on any atom is 0.323 e. The predicted molar refractivity (Wildman–Crippen MR) is 118 cm³/mol. The molecular formula is C22H24N2O3S2. The molecule has 0 saturated heterocycles. The molecule has 0 saturated carbocycles. The fourth-order valence-corrected chi connectivity index (χ4v) is 4.85. The Labute approximate surface area is 178 Å². The predicted octanol–water partition coefficient (Wildman–Crippen LogP) is 4.46. The van der Waals surface area contributed by atoms with Gasteiger partial charge < -0.3 is 4.74 Å². The van der Waals surface area contributed by atoms with Crippen LogP contribution in [0.1, 0.15) is 25.8 Å². The van der Waals surface area contributed by atoms with Gasteiger partial charge in [-0.3, -0.25) is 14.9 Å². The van der Waals surface area contributed by atoms with Crippen molar-refractivity contribution in [1.82, 2.24) is 10.3 Å². The lowest BCUT2D eigenvalue weighted by Gasteiger charge is -2.21. The zero-order valence-electron chi connectivity index (χ0n) is 16.5. The number of benzene rings is 2. The number of nitrogens with zero attached hydrogens (tertiary/aromatic N) is 1. The Kier molecular flexibility index (Phi) is 7.80. The number of fused-ring (bicyclic) bond motifs is 1. The highest BCUT2D eigenvalue weighted by atomic mass is 32.2. The molecule has 0 aliphatic carbocycles. The minimum Gasteiger partial charge on any atom is -0.465 e. The molecule has 3 aromatic rings. The van der Waals surface area contributed by atoms with Crippen LogP contribution in [0.2, 0.25) is 0 Å². The van der Waals surface area contributed by atoms with E-state index in [1.165, 1.54) is 11.3 Å². The van der Waals surface area contributed by atoms with Crippen LogP contribution < -0.4 is 5.32 Å². The third-order valence-corrected chi connectivity index (χ3v) is 6.55. The molecule has 5 nitrogen and oxygen atoms in total. The van der Waals surface area contributed by atoms with Crippen molar-refractivity contribution in [2.75, 3.05) is 6.61 Å². The van der Waals surface area contributed by atoms with E-state index in [2.05, 4.69) is 10.3 Å². The van der Waals surface area contributed by atoms with Crippen LogP contribution in [-0.4, -0.2) is 34.8 Å². The van der Waals surface area contributed by atoms with Crippen LogP contribution in [0.25, 0.3) is 10.2 Å². The molecule has 1 N–H and O–H groups in total. The molecule has 1 heterocycles. The number of ether oxygens (including phenoxy) is 1. The van der Waals surface area contributed by atoms with Crippen LogP contribution in [0.15, 0.2) is 58.9 Å². The van der Waals surface area contributed by atoms with Crippen molar-refractivity contribution < 1.29 is 14.3 Å². The maximum atomic E-state index is 12.7. The van der Waals surface area contributed by atoms with Gasteiger partial charge in [-0.05, 0) is 56.1 Å². The lowest BCUT2D eigenvalue weighted by Crippen LogP contribution is -2.46. The van der Waals surface area contributed by atoms with E-state index in [1.54, 1.807) is 13.8 Å². The zero-order chi connectivity index (χ0) is 20.6. The van der Waals surface area contributed by atoms with Gasteiger partial charge in [-0.15, -0.1) is 11.3 Å². The van der Waals surface area contributed by atoms with Gasteiger partial charge in [0.15, 0.2) is 4.34 Å². The number of esters is 1. The largest absolute Gasteiger partial charge is 0.465 e. The number of nitrogens with one attached hydrogen (secondary N) is 1. The van der Waals surface area contributed by atoms with E-state index in [1.807, 2.05) is 54.6 Å². The summed E-state index contributed by atoms with van der Waals surface area (Å²) in [5, 5.41) is 3.09. The molecule has 29 heavy (non-hydrogen) atoms. The van der Waals surface area contributed by atoms with E-state index >= 15 is 0 Å². The Balaban J connectivity index is 1.61. The number of aryl methyl sites for hydroxylation is 1. The second-order valence-corrected chi connectivity index (χ2v) is 8.87. The number of hydrogen-bond acceptors (Lipinski definition) is 7. The number of rotatable bonds is 9. The molecule has 3 rings (SSSR count). The molecule has 1 aromatic heterocycles. The smallest absolute Gasteiger partial charge is 0.323 e. The van der Waals surface area contributed by atoms with Gasteiger partial charge in [0, 0.05) is 0 Å². The number of carbonyl (C=O) groups excluding carboxylic acids is 2. The van der Waals surface area contributed by atoms with Crippen molar-refractivity contribution in [3.8, 4) is 0 Å². The standard InChI is InChI=1S/C22H24N2O3S2/c1-3-27-20(25)18(14-13-16-9-5-4-6-10-16)23-15(2)21(26)29-22-24-17-11-7-8-12-19(17)28-22/h4-12,15,18,23H,3,13-14H2,1-2H3/t15-,18-/m0/s1. The molecule has 0 radical (unpaired) electrons. The first kappa shape index (κ1) is 21.5. The van der Waals surface area contributed by atoms with Gasteiger partial charge in [0.1, 0.15) is 6.04 Å². The van der Waals surface area contributed by atoms with Crippen molar-refractivity contribution in [2.24, 2.45) is 0 Å². The number of para-hydroxylation sites is 1. The molecule has 2 aromatic carbocycles. The molecule has 0 fully saturated rings. The highest BCUT2D eigenvalue weighted by Crippen LogP contribution is 2.30. The summed E-state index contributed by atoms with van der Waals surface area (Å²) >= 11 is 2.61. The molecular weight excluding hydrogens is 404 g/mol. The van der Waals surface area contributed by atoms with E-state index < -0.39 is 12.1 Å². The maximum absolute atomic E-state index is 12.7. The minimum atomic E-state index is -0.537. The lowest BCUT2D eigenvalue weighted by molar-refractivity contribution is -0.146. The number of hydrogen-bond donors (Lipinski definition) is 1. The lowest BCUT2D eigenvalue weighted by atomic mass is 10.0. The molecule has 0 spiro atoms. The Morgan fingerprint density at radius 2 is 1.86 bits per heavy atom. The third-order valence-electron chi connectivity index (χ3n) is 4.40. The normalized spacial score (nSPS) is 13.2. The Morgan fingerprint density at radius 1 is 1.14 bits per heavy atom. The topological polar surface area (TPSA) is 68.3 Å². The van der Waals surface area contributed by atoms with E-state index in [-0.39, 0.29) is 11.1 Å². The van der Waals surface area contributed by atoms with E-state index in [4.69, 9.17) is 4.74 Å². The highest BCUT2D eigenvalue weighted by molar-refractivity contribution is 8.15. The molecule has 0 unspecified atom stereocenters. The van der Waals surface area contributed by atoms with Gasteiger partial charge in [0.05, 0.1) is 22.9 Å². The Morgan fingerprint density at radius 3 is 2.59 bits per heavy atom. The Hall–Kier alpha value is -2.22. The van der Waals surface area contributed by atoms with Crippen LogP contribution in [0.3, 0.4) is 0 Å². The van der Waals surface area contributed by atoms with Crippen molar-refractivity contribution in [3.05, 3.63) is 60.2 Å². The van der Waals surface area contributed by atoms with Crippen LogP contribution in [0, 0.1) is 0 Å². The summed E-state index contributed by atoms with van der Waals surface area (Å²) in [5.41, 5.74) is 2.03. The Bertz CT molecular complexity index is 926. The summed E-state index contributed by atoms with van der Waals surface area (Å²) in [4.78, 5) is 29.6. The first-order chi connectivity index (χ1) is 14.1. The summed E-state index contributed by atoms with van der Waals surface area (Å²) in [5.74, 6) is -0.326. The number of aromatic nitrogens is 1. The van der Waals surface area contributed by atoms with Crippen molar-refractivity contribution in [2.45, 2.75) is 43.1 Å². The second kappa shape index (κ2) is 10.5. The number of carbonyl (C=O) groups is 2. The minimum absolute atomic E-state index is 0.0712.